The minimum atomic E-state index is -4.03. The number of nitrogens with zero attached hydrogens (tertiary/aromatic N) is 1. The van der Waals surface area contributed by atoms with Gasteiger partial charge in [0.05, 0.1) is 38.5 Å². The molecule has 0 atom stereocenters. The Hall–Kier alpha value is -3.26. The molecule has 0 spiro atoms. The van der Waals surface area contributed by atoms with Crippen LogP contribution in [0.15, 0.2) is 65.6 Å². The van der Waals surface area contributed by atoms with Gasteiger partial charge in [0.1, 0.15) is 11.6 Å². The van der Waals surface area contributed by atoms with Crippen LogP contribution in [0, 0.1) is 12.7 Å². The molecule has 31 heavy (non-hydrogen) atoms. The normalized spacial score (nSPS) is 11.1. The Morgan fingerprint density at radius 2 is 1.61 bits per heavy atom. The molecule has 0 aliphatic carbocycles. The zero-order chi connectivity index (χ0) is 22.6. The number of benzene rings is 3. The fourth-order valence-corrected chi connectivity index (χ4v) is 4.91. The molecule has 0 heterocycles. The van der Waals surface area contributed by atoms with Gasteiger partial charge in [-0.05, 0) is 60.5 Å². The zero-order valence-electron chi connectivity index (χ0n) is 17.8. The summed E-state index contributed by atoms with van der Waals surface area (Å²) < 4.78 is 58.1. The van der Waals surface area contributed by atoms with E-state index < -0.39 is 15.8 Å². The highest BCUT2D eigenvalue weighted by molar-refractivity contribution is 7.92. The molecule has 3 aromatic rings. The average Bonchev–Trinajstić information content (AvgIpc) is 2.76. The highest BCUT2D eigenvalue weighted by Gasteiger charge is 2.28. The van der Waals surface area contributed by atoms with Crippen LogP contribution >= 0.6 is 0 Å². The number of sulfonamides is 1. The molecule has 0 aliphatic rings. The summed E-state index contributed by atoms with van der Waals surface area (Å²) in [4.78, 5) is 0.0200. The van der Waals surface area contributed by atoms with Crippen LogP contribution in [0.4, 0.5) is 10.1 Å². The average molecular weight is 446 g/mol. The fourth-order valence-electron chi connectivity index (χ4n) is 3.25. The van der Waals surface area contributed by atoms with Crippen LogP contribution in [-0.2, 0) is 16.6 Å². The molecule has 0 fully saturated rings. The van der Waals surface area contributed by atoms with Crippen molar-refractivity contribution in [2.45, 2.75) is 18.4 Å². The predicted molar refractivity (Wildman–Crippen MR) is 117 cm³/mol. The molecule has 0 unspecified atom stereocenters. The molecule has 0 N–H and O–H groups in total. The van der Waals surface area contributed by atoms with Crippen molar-refractivity contribution in [3.63, 3.8) is 0 Å². The molecule has 0 aromatic heterocycles. The van der Waals surface area contributed by atoms with Crippen molar-refractivity contribution in [3.05, 3.63) is 77.6 Å². The van der Waals surface area contributed by atoms with E-state index in [0.717, 1.165) is 11.6 Å². The van der Waals surface area contributed by atoms with E-state index in [4.69, 9.17) is 14.2 Å². The first-order valence-corrected chi connectivity index (χ1v) is 10.9. The molecule has 164 valence electrons. The maximum absolute atomic E-state index is 13.7. The summed E-state index contributed by atoms with van der Waals surface area (Å²) in [6.45, 7) is 1.60. The SMILES string of the molecule is COc1cccc(CN(c2ccc(OC)c(OC)c2)S(=O)(=O)c2ccc(F)cc2C)c1. The molecule has 0 amide bonds. The maximum atomic E-state index is 13.7. The molecule has 0 aliphatic heterocycles. The third kappa shape index (κ3) is 4.74. The van der Waals surface area contributed by atoms with Crippen LogP contribution in [0.1, 0.15) is 11.1 Å². The van der Waals surface area contributed by atoms with Crippen molar-refractivity contribution in [1.82, 2.24) is 0 Å². The number of hydrogen-bond acceptors (Lipinski definition) is 5. The first-order valence-electron chi connectivity index (χ1n) is 9.44. The predicted octanol–water partition coefficient (Wildman–Crippen LogP) is 4.56. The largest absolute Gasteiger partial charge is 0.497 e. The van der Waals surface area contributed by atoms with E-state index in [1.807, 2.05) is 6.07 Å². The Morgan fingerprint density at radius 3 is 2.26 bits per heavy atom. The van der Waals surface area contributed by atoms with Gasteiger partial charge in [0.2, 0.25) is 0 Å². The highest BCUT2D eigenvalue weighted by atomic mass is 32.2. The summed E-state index contributed by atoms with van der Waals surface area (Å²) in [5.74, 6) is 0.978. The second-order valence-electron chi connectivity index (χ2n) is 6.81. The number of anilines is 1. The van der Waals surface area contributed by atoms with Crippen molar-refractivity contribution in [1.29, 1.82) is 0 Å². The Bertz CT molecular complexity index is 1180. The first kappa shape index (κ1) is 22.4. The fraction of sp³-hybridized carbons (Fsp3) is 0.217. The Labute approximate surface area is 181 Å². The van der Waals surface area contributed by atoms with Crippen molar-refractivity contribution >= 4 is 15.7 Å². The van der Waals surface area contributed by atoms with Gasteiger partial charge in [0, 0.05) is 6.07 Å². The Balaban J connectivity index is 2.16. The number of ether oxygens (including phenoxy) is 3. The van der Waals surface area contributed by atoms with Crippen LogP contribution in [0.25, 0.3) is 0 Å². The van der Waals surface area contributed by atoms with Crippen LogP contribution < -0.4 is 18.5 Å². The van der Waals surface area contributed by atoms with Crippen molar-refractivity contribution < 1.29 is 27.0 Å². The van der Waals surface area contributed by atoms with E-state index in [0.29, 0.717) is 28.5 Å². The van der Waals surface area contributed by atoms with Gasteiger partial charge >= 0.3 is 0 Å². The smallest absolute Gasteiger partial charge is 0.264 e. The van der Waals surface area contributed by atoms with E-state index in [1.165, 1.54) is 30.7 Å². The molecule has 8 heteroatoms. The Morgan fingerprint density at radius 1 is 0.871 bits per heavy atom. The third-order valence-corrected chi connectivity index (χ3v) is 6.75. The van der Waals surface area contributed by atoms with E-state index in [-0.39, 0.29) is 11.4 Å². The number of halogens is 1. The second-order valence-corrected chi connectivity index (χ2v) is 8.64. The quantitative estimate of drug-likeness (QED) is 0.509. The van der Waals surface area contributed by atoms with Gasteiger partial charge in [-0.3, -0.25) is 4.31 Å². The summed E-state index contributed by atoms with van der Waals surface area (Å²) in [6, 6.07) is 15.6. The summed E-state index contributed by atoms with van der Waals surface area (Å²) >= 11 is 0. The number of hydrogen-bond donors (Lipinski definition) is 0. The Kier molecular flexibility index (Phi) is 6.70. The summed E-state index contributed by atoms with van der Waals surface area (Å²) in [6.07, 6.45) is 0. The molecule has 3 aromatic carbocycles. The molecular formula is C23H24FNO5S. The lowest BCUT2D eigenvalue weighted by atomic mass is 10.2. The van der Waals surface area contributed by atoms with Crippen molar-refractivity contribution in [2.24, 2.45) is 0 Å². The topological polar surface area (TPSA) is 65.1 Å². The van der Waals surface area contributed by atoms with Gasteiger partial charge < -0.3 is 14.2 Å². The van der Waals surface area contributed by atoms with E-state index >= 15 is 0 Å². The summed E-state index contributed by atoms with van der Waals surface area (Å²) in [5, 5.41) is 0. The lowest BCUT2D eigenvalue weighted by Crippen LogP contribution is -2.31. The third-order valence-electron chi connectivity index (χ3n) is 4.82. The lowest BCUT2D eigenvalue weighted by molar-refractivity contribution is 0.355. The molecule has 0 saturated carbocycles. The number of aryl methyl sites for hydroxylation is 1. The molecule has 6 nitrogen and oxygen atoms in total. The lowest BCUT2D eigenvalue weighted by Gasteiger charge is -2.26. The first-order chi connectivity index (χ1) is 14.8. The van der Waals surface area contributed by atoms with Gasteiger partial charge in [0.15, 0.2) is 11.5 Å². The molecule has 0 radical (unpaired) electrons. The monoisotopic (exact) mass is 445 g/mol. The van der Waals surface area contributed by atoms with E-state index in [9.17, 15) is 12.8 Å². The molecule has 0 saturated heterocycles. The van der Waals surface area contributed by atoms with Gasteiger partial charge in [-0.15, -0.1) is 0 Å². The summed E-state index contributed by atoms with van der Waals surface area (Å²) in [5.41, 5.74) is 1.41. The number of methoxy groups -OCH3 is 3. The van der Waals surface area contributed by atoms with E-state index in [1.54, 1.807) is 50.4 Å². The highest BCUT2D eigenvalue weighted by Crippen LogP contribution is 2.35. The van der Waals surface area contributed by atoms with Crippen LogP contribution in [-0.4, -0.2) is 29.7 Å². The van der Waals surface area contributed by atoms with Crippen LogP contribution in [0.2, 0.25) is 0 Å². The zero-order valence-corrected chi connectivity index (χ0v) is 18.6. The molecular weight excluding hydrogens is 421 g/mol. The second kappa shape index (κ2) is 9.26. The van der Waals surface area contributed by atoms with E-state index in [2.05, 4.69) is 0 Å². The summed E-state index contributed by atoms with van der Waals surface area (Å²) in [7, 11) is 0.494. The van der Waals surface area contributed by atoms with Crippen LogP contribution in [0.3, 0.4) is 0 Å². The van der Waals surface area contributed by atoms with Gasteiger partial charge in [-0.25, -0.2) is 12.8 Å². The number of rotatable bonds is 8. The van der Waals surface area contributed by atoms with Gasteiger partial charge in [-0.2, -0.15) is 0 Å². The maximum Gasteiger partial charge on any atom is 0.264 e. The van der Waals surface area contributed by atoms with Crippen molar-refractivity contribution in [2.75, 3.05) is 25.6 Å². The van der Waals surface area contributed by atoms with Gasteiger partial charge in [0.25, 0.3) is 10.0 Å². The minimum absolute atomic E-state index is 0.0200. The molecule has 0 bridgehead atoms. The van der Waals surface area contributed by atoms with Gasteiger partial charge in [-0.1, -0.05) is 12.1 Å². The standard InChI is InChI=1S/C23H24FNO5S/c1-16-12-18(24)8-11-23(16)31(26,27)25(15-17-6-5-7-20(13-17)28-2)19-9-10-21(29-3)22(14-19)30-4/h5-14H,15H2,1-4H3. The minimum Gasteiger partial charge on any atom is -0.497 e. The van der Waals surface area contributed by atoms with Crippen molar-refractivity contribution in [3.8, 4) is 17.2 Å². The molecule has 3 rings (SSSR count). The van der Waals surface area contributed by atoms with Crippen LogP contribution in [0.5, 0.6) is 17.2 Å².